The van der Waals surface area contributed by atoms with E-state index in [1.165, 1.54) is 0 Å². The van der Waals surface area contributed by atoms with Crippen molar-refractivity contribution in [1.82, 2.24) is 5.32 Å². The van der Waals surface area contributed by atoms with Crippen molar-refractivity contribution in [2.45, 2.75) is 32.2 Å². The minimum atomic E-state index is -0.842. The van der Waals surface area contributed by atoms with Crippen LogP contribution in [0, 0.1) is 23.7 Å². The molecule has 2 fully saturated rings. The van der Waals surface area contributed by atoms with Gasteiger partial charge in [0.25, 0.3) is 0 Å². The number of carboxylic acids is 1. The molecular formula is C19H25NO5. The number of carbonyl (C=O) groups is 2. The molecule has 2 saturated carbocycles. The highest BCUT2D eigenvalue weighted by Gasteiger charge is 2.54. The third-order valence-electron chi connectivity index (χ3n) is 5.77. The monoisotopic (exact) mass is 347 g/mol. The Morgan fingerprint density at radius 3 is 2.36 bits per heavy atom. The van der Waals surface area contributed by atoms with Gasteiger partial charge in [-0.05, 0) is 55.7 Å². The van der Waals surface area contributed by atoms with E-state index >= 15 is 0 Å². The number of aliphatic carboxylic acids is 1. The average molecular weight is 347 g/mol. The first kappa shape index (κ1) is 17.6. The topological polar surface area (TPSA) is 84.9 Å². The van der Waals surface area contributed by atoms with E-state index in [2.05, 4.69) is 5.32 Å². The zero-order valence-corrected chi connectivity index (χ0v) is 14.8. The molecule has 0 unspecified atom stereocenters. The number of hydrogen-bond acceptors (Lipinski definition) is 4. The number of carbonyl (C=O) groups excluding carboxylic acids is 1. The van der Waals surface area contributed by atoms with E-state index in [1.807, 2.05) is 19.1 Å². The fraction of sp³-hybridized carbons (Fsp3) is 0.579. The highest BCUT2D eigenvalue weighted by atomic mass is 16.5. The number of rotatable bonds is 6. The average Bonchev–Trinajstić information content (AvgIpc) is 3.22. The Kier molecular flexibility index (Phi) is 4.88. The van der Waals surface area contributed by atoms with E-state index in [9.17, 15) is 14.7 Å². The first-order valence-corrected chi connectivity index (χ1v) is 8.71. The van der Waals surface area contributed by atoms with Crippen LogP contribution in [0.5, 0.6) is 11.5 Å². The second kappa shape index (κ2) is 6.94. The van der Waals surface area contributed by atoms with Gasteiger partial charge in [0.15, 0.2) is 11.5 Å². The van der Waals surface area contributed by atoms with Gasteiger partial charge in [0.05, 0.1) is 32.1 Å². The standard InChI is InChI=1S/C19H25NO5/c1-10(11-6-7-14(24-2)15(9-11)25-3)20-18(21)16-12-4-5-13(8-12)17(16)19(22)23/h6-7,9-10,12-13,16-17H,4-5,8H2,1-3H3,(H,20,21)(H,22,23)/t10-,12-,13+,16-,17+/m1/s1. The number of methoxy groups -OCH3 is 2. The molecule has 1 aromatic carbocycles. The molecule has 2 aliphatic rings. The van der Waals surface area contributed by atoms with Crippen LogP contribution in [0.4, 0.5) is 0 Å². The van der Waals surface area contributed by atoms with Crippen LogP contribution >= 0.6 is 0 Å². The summed E-state index contributed by atoms with van der Waals surface area (Å²) in [6.07, 6.45) is 2.74. The zero-order valence-electron chi connectivity index (χ0n) is 14.8. The first-order valence-electron chi connectivity index (χ1n) is 8.71. The highest BCUT2D eigenvalue weighted by molar-refractivity contribution is 5.86. The maximum atomic E-state index is 12.8. The van der Waals surface area contributed by atoms with Crippen LogP contribution in [0.1, 0.15) is 37.8 Å². The molecule has 6 heteroatoms. The Hall–Kier alpha value is -2.24. The van der Waals surface area contributed by atoms with E-state index in [0.717, 1.165) is 24.8 Å². The van der Waals surface area contributed by atoms with Crippen LogP contribution in [0.25, 0.3) is 0 Å². The summed E-state index contributed by atoms with van der Waals surface area (Å²) >= 11 is 0. The summed E-state index contributed by atoms with van der Waals surface area (Å²) in [7, 11) is 3.14. The molecule has 6 nitrogen and oxygen atoms in total. The molecule has 0 spiro atoms. The zero-order chi connectivity index (χ0) is 18.1. The summed E-state index contributed by atoms with van der Waals surface area (Å²) in [5, 5.41) is 12.5. The molecule has 0 aliphatic heterocycles. The lowest BCUT2D eigenvalue weighted by Crippen LogP contribution is -2.42. The Morgan fingerprint density at radius 2 is 1.76 bits per heavy atom. The second-order valence-corrected chi connectivity index (χ2v) is 7.07. The minimum absolute atomic E-state index is 0.148. The van der Waals surface area contributed by atoms with Gasteiger partial charge in [0.2, 0.25) is 5.91 Å². The van der Waals surface area contributed by atoms with Crippen molar-refractivity contribution in [2.24, 2.45) is 23.7 Å². The SMILES string of the molecule is COc1ccc([C@@H](C)NC(=O)[C@@H]2[C@@H]3CC[C@@H](C3)[C@@H]2C(=O)O)cc1OC. The predicted molar refractivity (Wildman–Crippen MR) is 91.6 cm³/mol. The maximum Gasteiger partial charge on any atom is 0.307 e. The van der Waals surface area contributed by atoms with Crippen molar-refractivity contribution in [3.63, 3.8) is 0 Å². The lowest BCUT2D eigenvalue weighted by atomic mass is 9.78. The van der Waals surface area contributed by atoms with Crippen molar-refractivity contribution < 1.29 is 24.2 Å². The molecular weight excluding hydrogens is 322 g/mol. The molecule has 2 bridgehead atoms. The fourth-order valence-corrected chi connectivity index (χ4v) is 4.54. The van der Waals surface area contributed by atoms with Crippen molar-refractivity contribution in [3.05, 3.63) is 23.8 Å². The summed E-state index contributed by atoms with van der Waals surface area (Å²) in [5.74, 6) is -0.380. The van der Waals surface area contributed by atoms with Crippen molar-refractivity contribution >= 4 is 11.9 Å². The summed E-state index contributed by atoms with van der Waals surface area (Å²) in [4.78, 5) is 24.4. The fourth-order valence-electron chi connectivity index (χ4n) is 4.54. The molecule has 2 N–H and O–H groups in total. The quantitative estimate of drug-likeness (QED) is 0.826. The molecule has 5 atom stereocenters. The van der Waals surface area contributed by atoms with Crippen molar-refractivity contribution in [2.75, 3.05) is 14.2 Å². The molecule has 25 heavy (non-hydrogen) atoms. The summed E-state index contributed by atoms with van der Waals surface area (Å²) < 4.78 is 10.5. The van der Waals surface area contributed by atoms with E-state index in [-0.39, 0.29) is 23.8 Å². The molecule has 0 radical (unpaired) electrons. The number of carboxylic acid groups (broad SMARTS) is 1. The molecule has 2 aliphatic carbocycles. The summed E-state index contributed by atoms with van der Waals surface area (Å²) in [6.45, 7) is 1.89. The predicted octanol–water partition coefficient (Wildman–Crippen LogP) is 2.63. The van der Waals surface area contributed by atoms with Gasteiger partial charge >= 0.3 is 5.97 Å². The lowest BCUT2D eigenvalue weighted by molar-refractivity contribution is -0.149. The Bertz CT molecular complexity index is 674. The molecule has 3 rings (SSSR count). The summed E-state index contributed by atoms with van der Waals surface area (Å²) in [5.41, 5.74) is 0.890. The van der Waals surface area contributed by atoms with Crippen LogP contribution in [0.2, 0.25) is 0 Å². The van der Waals surface area contributed by atoms with E-state index in [0.29, 0.717) is 11.5 Å². The first-order chi connectivity index (χ1) is 12.0. The van der Waals surface area contributed by atoms with Crippen molar-refractivity contribution in [3.8, 4) is 11.5 Å². The number of amides is 1. The largest absolute Gasteiger partial charge is 0.493 e. The molecule has 1 amide bonds. The van der Waals surface area contributed by atoms with E-state index in [4.69, 9.17) is 9.47 Å². The van der Waals surface area contributed by atoms with Crippen molar-refractivity contribution in [1.29, 1.82) is 0 Å². The second-order valence-electron chi connectivity index (χ2n) is 7.07. The van der Waals surface area contributed by atoms with Crippen LogP contribution in [0.3, 0.4) is 0 Å². The Labute approximate surface area is 147 Å². The van der Waals surface area contributed by atoms with Gasteiger partial charge in [-0.1, -0.05) is 6.07 Å². The van der Waals surface area contributed by atoms with Gasteiger partial charge in [-0.2, -0.15) is 0 Å². The Balaban J connectivity index is 1.73. The number of benzene rings is 1. The molecule has 0 saturated heterocycles. The third-order valence-corrected chi connectivity index (χ3v) is 5.77. The molecule has 1 aromatic rings. The molecule has 136 valence electrons. The Morgan fingerprint density at radius 1 is 1.12 bits per heavy atom. The van der Waals surface area contributed by atoms with Gasteiger partial charge in [0, 0.05) is 0 Å². The van der Waals surface area contributed by atoms with Crippen LogP contribution < -0.4 is 14.8 Å². The minimum Gasteiger partial charge on any atom is -0.493 e. The van der Waals surface area contributed by atoms with Gasteiger partial charge in [-0.3, -0.25) is 9.59 Å². The number of ether oxygens (including phenoxy) is 2. The molecule has 0 aromatic heterocycles. The maximum absolute atomic E-state index is 12.8. The van der Waals surface area contributed by atoms with Crippen LogP contribution in [0.15, 0.2) is 18.2 Å². The highest BCUT2D eigenvalue weighted by Crippen LogP contribution is 2.52. The van der Waals surface area contributed by atoms with E-state index in [1.54, 1.807) is 20.3 Å². The summed E-state index contributed by atoms with van der Waals surface area (Å²) in [6, 6.07) is 5.27. The number of fused-ring (bicyclic) bond motifs is 2. The van der Waals surface area contributed by atoms with E-state index < -0.39 is 17.8 Å². The van der Waals surface area contributed by atoms with Gasteiger partial charge in [-0.15, -0.1) is 0 Å². The van der Waals surface area contributed by atoms with Crippen LogP contribution in [-0.2, 0) is 9.59 Å². The number of hydrogen-bond donors (Lipinski definition) is 2. The third kappa shape index (κ3) is 3.17. The lowest BCUT2D eigenvalue weighted by Gasteiger charge is -2.28. The molecule has 0 heterocycles. The smallest absolute Gasteiger partial charge is 0.307 e. The number of nitrogens with one attached hydrogen (secondary N) is 1. The van der Waals surface area contributed by atoms with Gasteiger partial charge in [-0.25, -0.2) is 0 Å². The van der Waals surface area contributed by atoms with Gasteiger partial charge in [0.1, 0.15) is 0 Å². The van der Waals surface area contributed by atoms with Crippen LogP contribution in [-0.4, -0.2) is 31.2 Å². The van der Waals surface area contributed by atoms with Gasteiger partial charge < -0.3 is 19.9 Å². The normalized spacial score (nSPS) is 28.4.